The van der Waals surface area contributed by atoms with Crippen LogP contribution in [0.25, 0.3) is 0 Å². The smallest absolute Gasteiger partial charge is 0.283 e. The van der Waals surface area contributed by atoms with Gasteiger partial charge in [-0.05, 0) is 49.4 Å². The quantitative estimate of drug-likeness (QED) is 0.245. The lowest BCUT2D eigenvalue weighted by Gasteiger charge is -2.16. The minimum Gasteiger partial charge on any atom is -0.383 e. The van der Waals surface area contributed by atoms with Crippen molar-refractivity contribution in [3.8, 4) is 0 Å². The largest absolute Gasteiger partial charge is 0.383 e. The molecule has 1 aromatic carbocycles. The Morgan fingerprint density at radius 2 is 2.04 bits per heavy atom. The van der Waals surface area contributed by atoms with E-state index in [9.17, 15) is 14.9 Å². The first-order valence-corrected chi connectivity index (χ1v) is 9.91. The van der Waals surface area contributed by atoms with Crippen molar-refractivity contribution in [3.63, 3.8) is 0 Å². The van der Waals surface area contributed by atoms with Crippen molar-refractivity contribution >= 4 is 40.7 Å². The fourth-order valence-corrected chi connectivity index (χ4v) is 3.57. The van der Waals surface area contributed by atoms with Crippen LogP contribution in [0, 0.1) is 16.0 Å². The molecule has 0 aliphatic heterocycles. The number of amides is 1. The fourth-order valence-electron chi connectivity index (χ4n) is 2.07. The summed E-state index contributed by atoms with van der Waals surface area (Å²) in [4.78, 5) is 23.7. The van der Waals surface area contributed by atoms with Crippen LogP contribution in [0.2, 0.25) is 0 Å². The van der Waals surface area contributed by atoms with Gasteiger partial charge in [0.2, 0.25) is 0 Å². The number of thioether (sulfide) groups is 1. The molecule has 1 amide bonds. The molecule has 0 radical (unpaired) electrons. The number of nitro benzene ring substituents is 1. The second-order valence-corrected chi connectivity index (χ2v) is 7.92. The van der Waals surface area contributed by atoms with E-state index in [-0.39, 0.29) is 22.4 Å². The van der Waals surface area contributed by atoms with Gasteiger partial charge in [0.25, 0.3) is 11.6 Å². The van der Waals surface area contributed by atoms with Gasteiger partial charge in [-0.1, -0.05) is 13.8 Å². The second kappa shape index (κ2) is 11.7. The van der Waals surface area contributed by atoms with Gasteiger partial charge in [0, 0.05) is 24.8 Å². The first-order valence-electron chi connectivity index (χ1n) is 8.51. The third-order valence-electron chi connectivity index (χ3n) is 3.45. The van der Waals surface area contributed by atoms with Crippen LogP contribution in [0.4, 0.5) is 5.69 Å². The maximum atomic E-state index is 12.2. The van der Waals surface area contributed by atoms with E-state index in [2.05, 4.69) is 30.0 Å². The average Bonchev–Trinajstić information content (AvgIpc) is 2.59. The lowest BCUT2D eigenvalue weighted by atomic mass is 10.2. The topological polar surface area (TPSA) is 106 Å². The molecule has 10 heteroatoms. The third-order valence-corrected chi connectivity index (χ3v) is 4.77. The van der Waals surface area contributed by atoms with Crippen LogP contribution in [-0.4, -0.2) is 41.5 Å². The standard InChI is InChI=1S/C17H26N4O4S2/c1-11(2)7-8-27-15-6-5-13(9-14(15)21(23)24)16(22)19-20-17(26)18-12(3)10-25-4/h5-6,9,11-12H,7-8,10H2,1-4H3,(H,19,22)(H2,18,20,26)/t12-/m0/s1. The van der Waals surface area contributed by atoms with Gasteiger partial charge < -0.3 is 10.1 Å². The Bertz CT molecular complexity index is 670. The Balaban J connectivity index is 2.70. The van der Waals surface area contributed by atoms with E-state index in [0.29, 0.717) is 17.4 Å². The van der Waals surface area contributed by atoms with Crippen LogP contribution in [0.1, 0.15) is 37.6 Å². The molecule has 0 unspecified atom stereocenters. The molecule has 27 heavy (non-hydrogen) atoms. The predicted molar refractivity (Wildman–Crippen MR) is 111 cm³/mol. The van der Waals surface area contributed by atoms with Crippen molar-refractivity contribution in [2.24, 2.45) is 5.92 Å². The molecule has 0 aliphatic carbocycles. The third kappa shape index (κ3) is 8.55. The van der Waals surface area contributed by atoms with Crippen molar-refractivity contribution in [3.05, 3.63) is 33.9 Å². The van der Waals surface area contributed by atoms with Crippen LogP contribution in [0.15, 0.2) is 23.1 Å². The molecule has 0 aromatic heterocycles. The van der Waals surface area contributed by atoms with E-state index in [1.807, 2.05) is 6.92 Å². The highest BCUT2D eigenvalue weighted by molar-refractivity contribution is 7.99. The number of rotatable bonds is 9. The minimum absolute atomic E-state index is 0.0323. The summed E-state index contributed by atoms with van der Waals surface area (Å²) in [5, 5.41) is 14.5. The van der Waals surface area contributed by atoms with Gasteiger partial charge in [-0.25, -0.2) is 0 Å². The highest BCUT2D eigenvalue weighted by atomic mass is 32.2. The highest BCUT2D eigenvalue weighted by Gasteiger charge is 2.18. The van der Waals surface area contributed by atoms with Crippen molar-refractivity contribution in [2.75, 3.05) is 19.5 Å². The SMILES string of the molecule is COC[C@H](C)NC(=S)NNC(=O)c1ccc(SCCC(C)C)c([N+](=O)[O-])c1. The normalized spacial score (nSPS) is 11.7. The van der Waals surface area contributed by atoms with Gasteiger partial charge in [0.1, 0.15) is 0 Å². The summed E-state index contributed by atoms with van der Waals surface area (Å²) >= 11 is 6.49. The number of hydrogen-bond donors (Lipinski definition) is 3. The predicted octanol–water partition coefficient (Wildman–Crippen LogP) is 2.88. The Labute approximate surface area is 168 Å². The van der Waals surface area contributed by atoms with E-state index >= 15 is 0 Å². The van der Waals surface area contributed by atoms with Crippen LogP contribution in [0.5, 0.6) is 0 Å². The van der Waals surface area contributed by atoms with Gasteiger partial charge in [0.05, 0.1) is 16.4 Å². The highest BCUT2D eigenvalue weighted by Crippen LogP contribution is 2.31. The molecule has 8 nitrogen and oxygen atoms in total. The van der Waals surface area contributed by atoms with Crippen molar-refractivity contribution in [2.45, 2.75) is 38.1 Å². The van der Waals surface area contributed by atoms with E-state index < -0.39 is 10.8 Å². The number of hydrazine groups is 1. The van der Waals surface area contributed by atoms with Crippen molar-refractivity contribution in [1.29, 1.82) is 0 Å². The summed E-state index contributed by atoms with van der Waals surface area (Å²) in [5.74, 6) is 0.794. The van der Waals surface area contributed by atoms with Gasteiger partial charge in [-0.2, -0.15) is 0 Å². The molecule has 1 atom stereocenters. The Morgan fingerprint density at radius 1 is 1.33 bits per heavy atom. The lowest BCUT2D eigenvalue weighted by molar-refractivity contribution is -0.387. The maximum Gasteiger partial charge on any atom is 0.283 e. The number of ether oxygens (including phenoxy) is 1. The van der Waals surface area contributed by atoms with E-state index in [0.717, 1.165) is 12.2 Å². The Hall–Kier alpha value is -1.91. The summed E-state index contributed by atoms with van der Waals surface area (Å²) in [5.41, 5.74) is 5.10. The van der Waals surface area contributed by atoms with Crippen LogP contribution in [0.3, 0.4) is 0 Å². The number of hydrogen-bond acceptors (Lipinski definition) is 6. The summed E-state index contributed by atoms with van der Waals surface area (Å²) in [6.45, 7) is 6.53. The second-order valence-electron chi connectivity index (χ2n) is 6.38. The van der Waals surface area contributed by atoms with Crippen LogP contribution >= 0.6 is 24.0 Å². The number of methoxy groups -OCH3 is 1. The number of carbonyl (C=O) groups excluding carboxylic acids is 1. The maximum absolute atomic E-state index is 12.2. The van der Waals surface area contributed by atoms with Gasteiger partial charge >= 0.3 is 0 Å². The number of nitro groups is 1. The van der Waals surface area contributed by atoms with Crippen LogP contribution < -0.4 is 16.2 Å². The number of carbonyl (C=O) groups is 1. The molecule has 0 fully saturated rings. The number of nitrogens with one attached hydrogen (secondary N) is 3. The van der Waals surface area contributed by atoms with E-state index in [1.165, 1.54) is 17.8 Å². The molecule has 0 saturated heterocycles. The molecule has 1 aromatic rings. The summed E-state index contributed by atoms with van der Waals surface area (Å²) < 4.78 is 4.98. The molecule has 3 N–H and O–H groups in total. The monoisotopic (exact) mass is 414 g/mol. The Kier molecular flexibility index (Phi) is 10.0. The lowest BCUT2D eigenvalue weighted by Crippen LogP contribution is -2.49. The Morgan fingerprint density at radius 3 is 2.63 bits per heavy atom. The molecule has 0 saturated carbocycles. The van der Waals surface area contributed by atoms with Crippen molar-refractivity contribution in [1.82, 2.24) is 16.2 Å². The van der Waals surface area contributed by atoms with E-state index in [1.54, 1.807) is 19.2 Å². The van der Waals surface area contributed by atoms with Gasteiger partial charge in [-0.15, -0.1) is 11.8 Å². The first kappa shape index (κ1) is 23.1. The van der Waals surface area contributed by atoms with Crippen molar-refractivity contribution < 1.29 is 14.5 Å². The average molecular weight is 415 g/mol. The summed E-state index contributed by atoms with van der Waals surface area (Å²) in [6, 6.07) is 4.41. The zero-order valence-corrected chi connectivity index (χ0v) is 17.5. The van der Waals surface area contributed by atoms with Gasteiger partial charge in [0.15, 0.2) is 5.11 Å². The number of benzene rings is 1. The molecular formula is C17H26N4O4S2. The molecule has 1 rings (SSSR count). The minimum atomic E-state index is -0.514. The number of nitrogens with zero attached hydrogens (tertiary/aromatic N) is 1. The van der Waals surface area contributed by atoms with Crippen LogP contribution in [-0.2, 0) is 4.74 Å². The molecule has 0 bridgehead atoms. The van der Waals surface area contributed by atoms with E-state index in [4.69, 9.17) is 17.0 Å². The fraction of sp³-hybridized carbons (Fsp3) is 0.529. The summed E-state index contributed by atoms with van der Waals surface area (Å²) in [7, 11) is 1.58. The zero-order valence-electron chi connectivity index (χ0n) is 15.9. The first-order chi connectivity index (χ1) is 12.7. The summed E-state index contributed by atoms with van der Waals surface area (Å²) in [6.07, 6.45) is 0.958. The zero-order chi connectivity index (χ0) is 20.4. The molecule has 150 valence electrons. The molecule has 0 aliphatic rings. The molecular weight excluding hydrogens is 388 g/mol. The number of thiocarbonyl (C=S) groups is 1. The van der Waals surface area contributed by atoms with Gasteiger partial charge in [-0.3, -0.25) is 25.8 Å². The molecule has 0 heterocycles. The molecule has 0 spiro atoms.